The number of nitrogens with zero attached hydrogens (tertiary/aromatic N) is 1. The maximum atomic E-state index is 12.2. The maximum absolute atomic E-state index is 12.2. The van der Waals surface area contributed by atoms with Crippen molar-refractivity contribution in [3.8, 4) is 5.88 Å². The summed E-state index contributed by atoms with van der Waals surface area (Å²) in [6.45, 7) is 0. The summed E-state index contributed by atoms with van der Waals surface area (Å²) in [4.78, 5) is 2.85. The van der Waals surface area contributed by atoms with E-state index < -0.39 is 18.2 Å². The molecule has 0 amide bonds. The molecule has 0 spiro atoms. The molecule has 0 aliphatic carbocycles. The summed E-state index contributed by atoms with van der Waals surface area (Å²) >= 11 is 0. The van der Waals surface area contributed by atoms with E-state index in [2.05, 4.69) is 9.72 Å². The predicted octanol–water partition coefficient (Wildman–Crippen LogP) is 2.12. The number of pyridine rings is 1. The van der Waals surface area contributed by atoms with Crippen molar-refractivity contribution < 1.29 is 22.3 Å². The molecule has 0 aliphatic heterocycles. The highest BCUT2D eigenvalue weighted by molar-refractivity contribution is 5.10. The van der Waals surface area contributed by atoms with Crippen molar-refractivity contribution in [2.24, 2.45) is 0 Å². The molecule has 0 saturated heterocycles. The third kappa shape index (κ3) is 2.73. The molecule has 2 nitrogen and oxygen atoms in total. The van der Waals surface area contributed by atoms with Gasteiger partial charge in [0, 0.05) is 6.07 Å². The summed E-state index contributed by atoms with van der Waals surface area (Å²) in [7, 11) is 0. The van der Waals surface area contributed by atoms with Crippen molar-refractivity contribution in [2.45, 2.75) is 6.36 Å². The van der Waals surface area contributed by atoms with Crippen molar-refractivity contribution in [1.82, 2.24) is 4.98 Å². The van der Waals surface area contributed by atoms with E-state index in [0.29, 0.717) is 0 Å². The molecule has 0 aromatic carbocycles. The highest BCUT2D eigenvalue weighted by atomic mass is 19.4. The fraction of sp³-hybridized carbons (Fsp3) is 0.167. The Hall–Kier alpha value is -1.33. The molecule has 0 unspecified atom stereocenters. The second kappa shape index (κ2) is 2.96. The van der Waals surface area contributed by atoms with E-state index in [4.69, 9.17) is 0 Å². The maximum Gasteiger partial charge on any atom is 0.574 e. The molecule has 12 heavy (non-hydrogen) atoms. The molecule has 66 valence electrons. The fourth-order valence-corrected chi connectivity index (χ4v) is 0.565. The summed E-state index contributed by atoms with van der Waals surface area (Å²) in [5.41, 5.74) is 0. The number of rotatable bonds is 1. The Morgan fingerprint density at radius 1 is 1.25 bits per heavy atom. The molecule has 1 rings (SSSR count). The molecule has 6 heteroatoms. The van der Waals surface area contributed by atoms with E-state index in [1.54, 1.807) is 0 Å². The van der Waals surface area contributed by atoms with Crippen molar-refractivity contribution in [1.29, 1.82) is 0 Å². The lowest BCUT2D eigenvalue weighted by molar-refractivity contribution is -0.276. The van der Waals surface area contributed by atoms with Crippen molar-refractivity contribution in [2.75, 3.05) is 0 Å². The molecule has 0 atom stereocenters. The summed E-state index contributed by atoms with van der Waals surface area (Å²) in [6.07, 6.45) is -4.83. The molecule has 1 heterocycles. The van der Waals surface area contributed by atoms with Gasteiger partial charge < -0.3 is 4.74 Å². The zero-order valence-electron chi connectivity index (χ0n) is 5.60. The molecule has 0 bridgehead atoms. The first-order valence-corrected chi connectivity index (χ1v) is 2.86. The van der Waals surface area contributed by atoms with Crippen molar-refractivity contribution in [3.63, 3.8) is 0 Å². The van der Waals surface area contributed by atoms with Crippen LogP contribution in [-0.4, -0.2) is 11.3 Å². The highest BCUT2D eigenvalue weighted by Gasteiger charge is 2.31. The van der Waals surface area contributed by atoms with E-state index in [-0.39, 0.29) is 0 Å². The Morgan fingerprint density at radius 2 is 1.92 bits per heavy atom. The number of alkyl halides is 3. The Balaban J connectivity index is 2.77. The zero-order valence-corrected chi connectivity index (χ0v) is 5.60. The van der Waals surface area contributed by atoms with Gasteiger partial charge in [-0.1, -0.05) is 6.07 Å². The topological polar surface area (TPSA) is 22.1 Å². The lowest BCUT2D eigenvalue weighted by Gasteiger charge is -2.06. The van der Waals surface area contributed by atoms with Gasteiger partial charge in [0.05, 0.1) is 0 Å². The zero-order chi connectivity index (χ0) is 9.19. The van der Waals surface area contributed by atoms with Gasteiger partial charge in [-0.3, -0.25) is 0 Å². The van der Waals surface area contributed by atoms with E-state index in [9.17, 15) is 17.6 Å². The van der Waals surface area contributed by atoms with Gasteiger partial charge in [-0.15, -0.1) is 13.2 Å². The Labute approximate surface area is 64.8 Å². The molecular weight excluding hydrogens is 178 g/mol. The van der Waals surface area contributed by atoms with Crippen LogP contribution in [0.4, 0.5) is 17.6 Å². The van der Waals surface area contributed by atoms with Crippen LogP contribution in [0.3, 0.4) is 0 Å². The minimum absolute atomic E-state index is 0.803. The Morgan fingerprint density at radius 3 is 2.42 bits per heavy atom. The second-order valence-corrected chi connectivity index (χ2v) is 1.85. The summed E-state index contributed by atoms with van der Waals surface area (Å²) in [5, 5.41) is 0. The molecular formula is C6H3F4NO. The molecule has 0 aliphatic rings. The van der Waals surface area contributed by atoms with Gasteiger partial charge in [0.25, 0.3) is 0 Å². The Bertz CT molecular complexity index is 272. The average molecular weight is 181 g/mol. The third-order valence-electron chi connectivity index (χ3n) is 0.910. The first-order valence-electron chi connectivity index (χ1n) is 2.86. The van der Waals surface area contributed by atoms with Crippen LogP contribution in [0, 0.1) is 5.95 Å². The number of hydrogen-bond acceptors (Lipinski definition) is 2. The van der Waals surface area contributed by atoms with Crippen LogP contribution in [-0.2, 0) is 0 Å². The third-order valence-corrected chi connectivity index (χ3v) is 0.910. The standard InChI is InChI=1S/C6H3F4NO/c7-4-2-1-3-5(11-4)12-6(8,9)10/h1-3H. The van der Waals surface area contributed by atoms with Gasteiger partial charge in [-0.05, 0) is 6.07 Å². The van der Waals surface area contributed by atoms with Crippen LogP contribution in [0.25, 0.3) is 0 Å². The van der Waals surface area contributed by atoms with Gasteiger partial charge >= 0.3 is 6.36 Å². The monoisotopic (exact) mass is 181 g/mol. The molecule has 1 aromatic heterocycles. The SMILES string of the molecule is Fc1cccc(OC(F)(F)F)n1. The number of ether oxygens (including phenoxy) is 1. The van der Waals surface area contributed by atoms with E-state index in [0.717, 1.165) is 18.2 Å². The van der Waals surface area contributed by atoms with Gasteiger partial charge in [0.2, 0.25) is 11.8 Å². The van der Waals surface area contributed by atoms with Crippen LogP contribution in [0.15, 0.2) is 18.2 Å². The first kappa shape index (κ1) is 8.76. The van der Waals surface area contributed by atoms with E-state index in [1.807, 2.05) is 0 Å². The minimum Gasteiger partial charge on any atom is -0.388 e. The average Bonchev–Trinajstić information content (AvgIpc) is 1.82. The summed E-state index contributed by atoms with van der Waals surface area (Å²) in [6, 6.07) is 2.91. The largest absolute Gasteiger partial charge is 0.574 e. The Kier molecular flexibility index (Phi) is 2.16. The second-order valence-electron chi connectivity index (χ2n) is 1.85. The summed E-state index contributed by atoms with van der Waals surface area (Å²) in [5.74, 6) is -1.82. The number of halogens is 4. The first-order chi connectivity index (χ1) is 5.47. The van der Waals surface area contributed by atoms with Gasteiger partial charge in [0.15, 0.2) is 0 Å². The molecule has 0 radical (unpaired) electrons. The van der Waals surface area contributed by atoms with Gasteiger partial charge in [0.1, 0.15) is 0 Å². The normalized spacial score (nSPS) is 11.3. The lowest BCUT2D eigenvalue weighted by atomic mass is 10.5. The van der Waals surface area contributed by atoms with E-state index >= 15 is 0 Å². The predicted molar refractivity (Wildman–Crippen MR) is 30.9 cm³/mol. The van der Waals surface area contributed by atoms with Crippen LogP contribution >= 0.6 is 0 Å². The smallest absolute Gasteiger partial charge is 0.388 e. The summed E-state index contributed by atoms with van der Waals surface area (Å²) < 4.78 is 50.0. The quantitative estimate of drug-likeness (QED) is 0.489. The van der Waals surface area contributed by atoms with E-state index in [1.165, 1.54) is 0 Å². The minimum atomic E-state index is -4.83. The molecule has 0 saturated carbocycles. The molecule has 0 fully saturated rings. The van der Waals surface area contributed by atoms with Crippen molar-refractivity contribution >= 4 is 0 Å². The van der Waals surface area contributed by atoms with Gasteiger partial charge in [-0.2, -0.15) is 9.37 Å². The molecule has 1 aromatic rings. The van der Waals surface area contributed by atoms with Crippen LogP contribution < -0.4 is 4.74 Å². The fourth-order valence-electron chi connectivity index (χ4n) is 0.565. The van der Waals surface area contributed by atoms with Gasteiger partial charge in [-0.25, -0.2) is 0 Å². The van der Waals surface area contributed by atoms with Crippen molar-refractivity contribution in [3.05, 3.63) is 24.1 Å². The number of hydrogen-bond donors (Lipinski definition) is 0. The highest BCUT2D eigenvalue weighted by Crippen LogP contribution is 2.20. The lowest BCUT2D eigenvalue weighted by Crippen LogP contribution is -2.18. The van der Waals surface area contributed by atoms with Crippen LogP contribution in [0.1, 0.15) is 0 Å². The van der Waals surface area contributed by atoms with Crippen LogP contribution in [0.5, 0.6) is 5.88 Å². The number of aromatic nitrogens is 1. The molecule has 0 N–H and O–H groups in total. The van der Waals surface area contributed by atoms with Crippen LogP contribution in [0.2, 0.25) is 0 Å².